The van der Waals surface area contributed by atoms with Crippen LogP contribution >= 0.6 is 0 Å². The fraction of sp³-hybridized carbons (Fsp3) is 0.692. The number of aromatic nitrogens is 4. The summed E-state index contributed by atoms with van der Waals surface area (Å²) in [6.45, 7) is 0. The Labute approximate surface area is 213 Å². The molecular weight excluding hydrogens is 456 g/mol. The van der Waals surface area contributed by atoms with Gasteiger partial charge in [-0.05, 0) is 70.3 Å². The van der Waals surface area contributed by atoms with Gasteiger partial charge in [0.1, 0.15) is 5.82 Å². The van der Waals surface area contributed by atoms with Crippen molar-refractivity contribution in [2.45, 2.75) is 107 Å². The summed E-state index contributed by atoms with van der Waals surface area (Å²) in [4.78, 5) is 21.5. The highest BCUT2D eigenvalue weighted by Crippen LogP contribution is 2.34. The van der Waals surface area contributed by atoms with Crippen LogP contribution in [-0.2, 0) is 4.74 Å². The van der Waals surface area contributed by atoms with Crippen LogP contribution < -0.4 is 21.3 Å². The molecule has 3 aliphatic carbocycles. The van der Waals surface area contributed by atoms with E-state index in [0.29, 0.717) is 17.9 Å². The van der Waals surface area contributed by atoms with Crippen molar-refractivity contribution < 1.29 is 9.53 Å². The largest absolute Gasteiger partial charge is 0.381 e. The standard InChI is InChI=1S/C26H40N8O2/c1-36-21-8-4-7-20(15-21)30-26(35)29-19-11-9-18(10-12-19)28-25-27-14-13-23(32-25)31-24-16-22(33-34-24)17-5-2-3-6-17/h13-14,16-21H,2-12,15H2,1H3,(H2,29,30,35)(H3,27,28,31,32,33,34)/t18-,19-,20-,21-/m1/s1. The van der Waals surface area contributed by atoms with E-state index in [1.165, 1.54) is 31.4 Å². The molecule has 196 valence electrons. The van der Waals surface area contributed by atoms with E-state index in [4.69, 9.17) is 4.74 Å². The van der Waals surface area contributed by atoms with Crippen molar-refractivity contribution in [3.05, 3.63) is 24.0 Å². The number of carbonyl (C=O) groups excluding carboxylic acids is 1. The summed E-state index contributed by atoms with van der Waals surface area (Å²) in [6.07, 6.45) is 15.0. The smallest absolute Gasteiger partial charge is 0.315 e. The molecule has 0 saturated heterocycles. The zero-order valence-electron chi connectivity index (χ0n) is 21.3. The van der Waals surface area contributed by atoms with Crippen LogP contribution in [0.3, 0.4) is 0 Å². The van der Waals surface area contributed by atoms with E-state index in [1.807, 2.05) is 6.07 Å². The molecule has 0 aliphatic heterocycles. The average molecular weight is 497 g/mol. The number of anilines is 3. The number of methoxy groups -OCH3 is 1. The lowest BCUT2D eigenvalue weighted by Crippen LogP contribution is -2.49. The van der Waals surface area contributed by atoms with Crippen molar-refractivity contribution in [3.63, 3.8) is 0 Å². The number of amides is 2. The van der Waals surface area contributed by atoms with E-state index < -0.39 is 0 Å². The number of H-pyrrole nitrogens is 1. The SMILES string of the molecule is CO[C@@H]1CCC[C@@H](NC(=O)N[C@H]2CC[C@H](Nc3nccc(Nc4cc(C5CCCC5)[nH]n4)n3)CC2)C1. The van der Waals surface area contributed by atoms with Gasteiger partial charge in [0, 0.05) is 49.1 Å². The summed E-state index contributed by atoms with van der Waals surface area (Å²) in [5, 5.41) is 20.7. The molecule has 0 bridgehead atoms. The van der Waals surface area contributed by atoms with Crippen molar-refractivity contribution in [3.8, 4) is 0 Å². The van der Waals surface area contributed by atoms with Crippen LogP contribution in [0.4, 0.5) is 22.4 Å². The summed E-state index contributed by atoms with van der Waals surface area (Å²) in [7, 11) is 1.75. The fourth-order valence-corrected chi connectivity index (χ4v) is 5.94. The van der Waals surface area contributed by atoms with E-state index in [2.05, 4.69) is 47.5 Å². The second-order valence-corrected chi connectivity index (χ2v) is 10.6. The van der Waals surface area contributed by atoms with Gasteiger partial charge in [0.25, 0.3) is 0 Å². The highest BCUT2D eigenvalue weighted by atomic mass is 16.5. The molecule has 0 aromatic carbocycles. The Morgan fingerprint density at radius 1 is 0.944 bits per heavy atom. The molecule has 3 saturated carbocycles. The van der Waals surface area contributed by atoms with Gasteiger partial charge < -0.3 is 26.0 Å². The van der Waals surface area contributed by atoms with Gasteiger partial charge in [0.15, 0.2) is 5.82 Å². The monoisotopic (exact) mass is 496 g/mol. The van der Waals surface area contributed by atoms with Crippen molar-refractivity contribution in [1.29, 1.82) is 0 Å². The fourth-order valence-electron chi connectivity index (χ4n) is 5.94. The number of carbonyl (C=O) groups is 1. The Morgan fingerprint density at radius 2 is 1.72 bits per heavy atom. The number of hydrogen-bond acceptors (Lipinski definition) is 7. The minimum atomic E-state index is -0.0512. The third kappa shape index (κ3) is 6.66. The molecule has 0 unspecified atom stereocenters. The van der Waals surface area contributed by atoms with E-state index in [0.717, 1.165) is 63.0 Å². The van der Waals surface area contributed by atoms with Crippen LogP contribution in [0.15, 0.2) is 18.3 Å². The number of urea groups is 1. The lowest BCUT2D eigenvalue weighted by molar-refractivity contribution is 0.0603. The molecule has 5 N–H and O–H groups in total. The molecule has 10 heteroatoms. The van der Waals surface area contributed by atoms with Gasteiger partial charge in [0.05, 0.1) is 6.10 Å². The molecule has 2 aromatic heterocycles. The quantitative estimate of drug-likeness (QED) is 0.362. The molecular formula is C26H40N8O2. The molecule has 10 nitrogen and oxygen atoms in total. The van der Waals surface area contributed by atoms with Crippen molar-refractivity contribution >= 4 is 23.6 Å². The van der Waals surface area contributed by atoms with Gasteiger partial charge in [-0.2, -0.15) is 10.1 Å². The maximum Gasteiger partial charge on any atom is 0.315 e. The number of nitrogens with one attached hydrogen (secondary N) is 5. The second-order valence-electron chi connectivity index (χ2n) is 10.6. The number of nitrogens with zero attached hydrogens (tertiary/aromatic N) is 3. The van der Waals surface area contributed by atoms with E-state index in [9.17, 15) is 4.79 Å². The van der Waals surface area contributed by atoms with Gasteiger partial charge in [-0.1, -0.05) is 12.8 Å². The van der Waals surface area contributed by atoms with Gasteiger partial charge in [-0.15, -0.1) is 0 Å². The van der Waals surface area contributed by atoms with E-state index >= 15 is 0 Å². The molecule has 3 fully saturated rings. The van der Waals surface area contributed by atoms with Gasteiger partial charge >= 0.3 is 6.03 Å². The predicted octanol–water partition coefficient (Wildman–Crippen LogP) is 4.58. The molecule has 36 heavy (non-hydrogen) atoms. The molecule has 3 aliphatic rings. The lowest BCUT2D eigenvalue weighted by Gasteiger charge is -2.32. The van der Waals surface area contributed by atoms with Crippen LogP contribution in [0, 0.1) is 0 Å². The molecule has 0 spiro atoms. The number of rotatable bonds is 8. The number of aromatic amines is 1. The molecule has 2 atom stereocenters. The maximum absolute atomic E-state index is 12.5. The molecule has 2 aromatic rings. The van der Waals surface area contributed by atoms with Gasteiger partial charge in [-0.25, -0.2) is 9.78 Å². The number of ether oxygens (including phenoxy) is 1. The summed E-state index contributed by atoms with van der Waals surface area (Å²) >= 11 is 0. The number of hydrogen-bond donors (Lipinski definition) is 5. The van der Waals surface area contributed by atoms with E-state index in [-0.39, 0.29) is 24.2 Å². The highest BCUT2D eigenvalue weighted by Gasteiger charge is 2.26. The van der Waals surface area contributed by atoms with Gasteiger partial charge in [0.2, 0.25) is 5.95 Å². The highest BCUT2D eigenvalue weighted by molar-refractivity contribution is 5.74. The molecule has 0 radical (unpaired) electrons. The topological polar surface area (TPSA) is 129 Å². The summed E-state index contributed by atoms with van der Waals surface area (Å²) in [6, 6.07) is 4.60. The first-order valence-electron chi connectivity index (χ1n) is 13.7. The Balaban J connectivity index is 1.05. The minimum absolute atomic E-state index is 0.0512. The molecule has 2 amide bonds. The average Bonchev–Trinajstić information content (AvgIpc) is 3.58. The van der Waals surface area contributed by atoms with Crippen LogP contribution in [0.1, 0.15) is 88.7 Å². The summed E-state index contributed by atoms with van der Waals surface area (Å²) in [5.41, 5.74) is 1.21. The normalized spacial score (nSPS) is 26.9. The van der Waals surface area contributed by atoms with Crippen LogP contribution in [0.5, 0.6) is 0 Å². The Kier molecular flexibility index (Phi) is 8.20. The molecule has 5 rings (SSSR count). The van der Waals surface area contributed by atoms with Crippen LogP contribution in [0.25, 0.3) is 0 Å². The first kappa shape index (κ1) is 24.8. The summed E-state index contributed by atoms with van der Waals surface area (Å²) in [5.74, 6) is 2.73. The Morgan fingerprint density at radius 3 is 2.53 bits per heavy atom. The first-order valence-corrected chi connectivity index (χ1v) is 13.7. The third-order valence-corrected chi connectivity index (χ3v) is 7.99. The molecule has 2 heterocycles. The van der Waals surface area contributed by atoms with Crippen molar-refractivity contribution in [1.82, 2.24) is 30.8 Å². The lowest BCUT2D eigenvalue weighted by atomic mass is 9.91. The Bertz CT molecular complexity index is 984. The van der Waals surface area contributed by atoms with Crippen LogP contribution in [0.2, 0.25) is 0 Å². The van der Waals surface area contributed by atoms with Gasteiger partial charge in [-0.3, -0.25) is 5.10 Å². The van der Waals surface area contributed by atoms with Crippen LogP contribution in [-0.4, -0.2) is 57.5 Å². The predicted molar refractivity (Wildman–Crippen MR) is 139 cm³/mol. The van der Waals surface area contributed by atoms with Crippen molar-refractivity contribution in [2.75, 3.05) is 17.7 Å². The Hall–Kier alpha value is -2.88. The second kappa shape index (κ2) is 11.9. The zero-order chi connectivity index (χ0) is 24.7. The zero-order valence-corrected chi connectivity index (χ0v) is 21.3. The maximum atomic E-state index is 12.5. The van der Waals surface area contributed by atoms with Crippen molar-refractivity contribution in [2.24, 2.45) is 0 Å². The summed E-state index contributed by atoms with van der Waals surface area (Å²) < 4.78 is 5.47. The van der Waals surface area contributed by atoms with E-state index in [1.54, 1.807) is 13.3 Å². The first-order chi connectivity index (χ1) is 17.6. The third-order valence-electron chi connectivity index (χ3n) is 7.99. The minimum Gasteiger partial charge on any atom is -0.381 e.